The van der Waals surface area contributed by atoms with E-state index in [-0.39, 0.29) is 0 Å². The SMILES string of the molecule is Nc1ccc(Br)c(Oc2ncncc2Cl)c1. The predicted molar refractivity (Wildman–Crippen MR) is 65.7 cm³/mol. The first-order valence-corrected chi connectivity index (χ1v) is 5.52. The molecule has 0 radical (unpaired) electrons. The van der Waals surface area contributed by atoms with Gasteiger partial charge in [0.05, 0.1) is 10.7 Å². The molecule has 0 fully saturated rings. The lowest BCUT2D eigenvalue weighted by Gasteiger charge is -2.08. The molecule has 4 nitrogen and oxygen atoms in total. The van der Waals surface area contributed by atoms with Gasteiger partial charge in [-0.05, 0) is 28.1 Å². The second-order valence-corrected chi connectivity index (χ2v) is 4.23. The molecule has 0 saturated heterocycles. The van der Waals surface area contributed by atoms with Gasteiger partial charge in [-0.2, -0.15) is 0 Å². The van der Waals surface area contributed by atoms with Gasteiger partial charge in [-0.1, -0.05) is 11.6 Å². The first-order chi connectivity index (χ1) is 7.66. The second-order valence-electron chi connectivity index (χ2n) is 2.97. The van der Waals surface area contributed by atoms with Crippen LogP contribution in [0, 0.1) is 0 Å². The van der Waals surface area contributed by atoms with Crippen LogP contribution in [-0.2, 0) is 0 Å². The molecule has 2 aromatic rings. The third-order valence-electron chi connectivity index (χ3n) is 1.80. The number of benzene rings is 1. The fraction of sp³-hybridized carbons (Fsp3) is 0. The molecule has 1 aromatic carbocycles. The van der Waals surface area contributed by atoms with E-state index in [1.54, 1.807) is 18.2 Å². The monoisotopic (exact) mass is 299 g/mol. The minimum Gasteiger partial charge on any atom is -0.436 e. The zero-order chi connectivity index (χ0) is 11.5. The predicted octanol–water partition coefficient (Wildman–Crippen LogP) is 3.27. The topological polar surface area (TPSA) is 61.0 Å². The Balaban J connectivity index is 2.34. The van der Waals surface area contributed by atoms with Gasteiger partial charge < -0.3 is 10.5 Å². The van der Waals surface area contributed by atoms with E-state index in [4.69, 9.17) is 22.1 Å². The Morgan fingerprint density at radius 3 is 2.94 bits per heavy atom. The summed E-state index contributed by atoms with van der Waals surface area (Å²) in [7, 11) is 0. The van der Waals surface area contributed by atoms with Crippen LogP contribution in [0.15, 0.2) is 35.2 Å². The summed E-state index contributed by atoms with van der Waals surface area (Å²) in [4.78, 5) is 7.68. The van der Waals surface area contributed by atoms with Crippen molar-refractivity contribution in [2.75, 3.05) is 5.73 Å². The van der Waals surface area contributed by atoms with Crippen LogP contribution in [0.5, 0.6) is 11.6 Å². The highest BCUT2D eigenvalue weighted by Gasteiger charge is 2.07. The zero-order valence-electron chi connectivity index (χ0n) is 8.02. The quantitative estimate of drug-likeness (QED) is 0.865. The number of rotatable bonds is 2. The summed E-state index contributed by atoms with van der Waals surface area (Å²) in [5.74, 6) is 0.851. The van der Waals surface area contributed by atoms with Crippen LogP contribution in [0.25, 0.3) is 0 Å². The lowest BCUT2D eigenvalue weighted by Crippen LogP contribution is -1.92. The fourth-order valence-corrected chi connectivity index (χ4v) is 1.55. The van der Waals surface area contributed by atoms with Crippen molar-refractivity contribution in [3.63, 3.8) is 0 Å². The summed E-state index contributed by atoms with van der Waals surface area (Å²) in [6.07, 6.45) is 2.82. The Hall–Kier alpha value is -1.33. The van der Waals surface area contributed by atoms with Crippen LogP contribution in [-0.4, -0.2) is 9.97 Å². The molecule has 0 amide bonds. The number of nitrogens with zero attached hydrogens (tertiary/aromatic N) is 2. The van der Waals surface area contributed by atoms with Gasteiger partial charge in [0.1, 0.15) is 17.1 Å². The van der Waals surface area contributed by atoms with E-state index in [1.807, 2.05) is 0 Å². The van der Waals surface area contributed by atoms with Gasteiger partial charge in [0.25, 0.3) is 0 Å². The number of nitrogens with two attached hydrogens (primary N) is 1. The molecule has 6 heteroatoms. The molecular formula is C10H7BrClN3O. The molecule has 0 aliphatic heterocycles. The van der Waals surface area contributed by atoms with Gasteiger partial charge in [0.15, 0.2) is 0 Å². The number of anilines is 1. The molecule has 16 heavy (non-hydrogen) atoms. The molecule has 1 aromatic heterocycles. The maximum atomic E-state index is 5.87. The minimum absolute atomic E-state index is 0.294. The Morgan fingerprint density at radius 1 is 1.38 bits per heavy atom. The van der Waals surface area contributed by atoms with Crippen molar-refractivity contribution < 1.29 is 4.74 Å². The number of hydrogen-bond donors (Lipinski definition) is 1. The molecule has 2 N–H and O–H groups in total. The maximum Gasteiger partial charge on any atom is 0.241 e. The molecule has 2 rings (SSSR count). The minimum atomic E-state index is 0.294. The molecule has 0 aliphatic rings. The molecule has 0 saturated carbocycles. The molecule has 0 spiro atoms. The highest BCUT2D eigenvalue weighted by molar-refractivity contribution is 9.10. The first kappa shape index (κ1) is 11.2. The number of halogens is 2. The van der Waals surface area contributed by atoms with Crippen molar-refractivity contribution in [1.29, 1.82) is 0 Å². The Morgan fingerprint density at radius 2 is 2.19 bits per heavy atom. The summed E-state index contributed by atoms with van der Waals surface area (Å²) in [5, 5.41) is 0.344. The Kier molecular flexibility index (Phi) is 3.26. The van der Waals surface area contributed by atoms with E-state index in [2.05, 4.69) is 25.9 Å². The number of ether oxygens (including phenoxy) is 1. The van der Waals surface area contributed by atoms with Crippen molar-refractivity contribution >= 4 is 33.2 Å². The van der Waals surface area contributed by atoms with E-state index < -0.39 is 0 Å². The van der Waals surface area contributed by atoms with Gasteiger partial charge in [-0.15, -0.1) is 0 Å². The second kappa shape index (κ2) is 4.67. The Labute approximate surface area is 106 Å². The van der Waals surface area contributed by atoms with E-state index in [0.29, 0.717) is 22.3 Å². The first-order valence-electron chi connectivity index (χ1n) is 4.35. The molecule has 0 bridgehead atoms. The summed E-state index contributed by atoms with van der Waals surface area (Å²) in [6, 6.07) is 5.24. The van der Waals surface area contributed by atoms with Crippen LogP contribution < -0.4 is 10.5 Å². The van der Waals surface area contributed by atoms with Crippen molar-refractivity contribution in [2.45, 2.75) is 0 Å². The van der Waals surface area contributed by atoms with Crippen molar-refractivity contribution in [1.82, 2.24) is 9.97 Å². The molecule has 0 aliphatic carbocycles. The molecule has 0 atom stereocenters. The van der Waals surface area contributed by atoms with E-state index in [0.717, 1.165) is 4.47 Å². The third-order valence-corrected chi connectivity index (χ3v) is 2.71. The molecule has 82 valence electrons. The average molecular weight is 301 g/mol. The van der Waals surface area contributed by atoms with Crippen LogP contribution >= 0.6 is 27.5 Å². The summed E-state index contributed by atoms with van der Waals surface area (Å²) >= 11 is 9.22. The van der Waals surface area contributed by atoms with Gasteiger partial charge in [0, 0.05) is 11.8 Å². The summed E-state index contributed by atoms with van der Waals surface area (Å²) < 4.78 is 6.29. The number of hydrogen-bond acceptors (Lipinski definition) is 4. The van der Waals surface area contributed by atoms with Crippen LogP contribution in [0.4, 0.5) is 5.69 Å². The van der Waals surface area contributed by atoms with Crippen LogP contribution in [0.2, 0.25) is 5.02 Å². The Bertz CT molecular complexity index is 521. The highest BCUT2D eigenvalue weighted by atomic mass is 79.9. The molecular weight excluding hydrogens is 293 g/mol. The molecule has 0 unspecified atom stereocenters. The summed E-state index contributed by atoms with van der Waals surface area (Å²) in [6.45, 7) is 0. The van der Waals surface area contributed by atoms with Crippen LogP contribution in [0.3, 0.4) is 0 Å². The largest absolute Gasteiger partial charge is 0.436 e. The van der Waals surface area contributed by atoms with Gasteiger partial charge in [-0.3, -0.25) is 0 Å². The van der Waals surface area contributed by atoms with Crippen molar-refractivity contribution in [2.24, 2.45) is 0 Å². The summed E-state index contributed by atoms with van der Waals surface area (Å²) in [5.41, 5.74) is 6.25. The van der Waals surface area contributed by atoms with E-state index in [1.165, 1.54) is 12.5 Å². The van der Waals surface area contributed by atoms with Crippen molar-refractivity contribution in [3.8, 4) is 11.6 Å². The van der Waals surface area contributed by atoms with Crippen molar-refractivity contribution in [3.05, 3.63) is 40.2 Å². The van der Waals surface area contributed by atoms with E-state index >= 15 is 0 Å². The maximum absolute atomic E-state index is 5.87. The smallest absolute Gasteiger partial charge is 0.241 e. The number of nitrogen functional groups attached to an aromatic ring is 1. The third kappa shape index (κ3) is 2.43. The molecule has 1 heterocycles. The fourth-order valence-electron chi connectivity index (χ4n) is 1.08. The highest BCUT2D eigenvalue weighted by Crippen LogP contribution is 2.32. The average Bonchev–Trinajstić information content (AvgIpc) is 2.27. The normalized spacial score (nSPS) is 10.1. The van der Waals surface area contributed by atoms with Gasteiger partial charge in [0.2, 0.25) is 5.88 Å². The lowest BCUT2D eigenvalue weighted by atomic mass is 10.3. The zero-order valence-corrected chi connectivity index (χ0v) is 10.4. The standard InChI is InChI=1S/C10H7BrClN3O/c11-7-2-1-6(13)3-9(7)16-10-8(12)4-14-5-15-10/h1-5H,13H2. The van der Waals surface area contributed by atoms with E-state index in [9.17, 15) is 0 Å². The van der Waals surface area contributed by atoms with Crippen LogP contribution in [0.1, 0.15) is 0 Å². The number of aromatic nitrogens is 2. The van der Waals surface area contributed by atoms with Gasteiger partial charge in [-0.25, -0.2) is 9.97 Å². The van der Waals surface area contributed by atoms with Gasteiger partial charge >= 0.3 is 0 Å². The lowest BCUT2D eigenvalue weighted by molar-refractivity contribution is 0.459.